The van der Waals surface area contributed by atoms with Gasteiger partial charge in [-0.2, -0.15) is 8.42 Å². The first kappa shape index (κ1) is 44.0. The van der Waals surface area contributed by atoms with Crippen molar-refractivity contribution in [3.05, 3.63) is 70.8 Å². The molecular weight excluding hydrogens is 677 g/mol. The number of nitrogens with zero attached hydrogens (tertiary/aromatic N) is 2. The van der Waals surface area contributed by atoms with Crippen molar-refractivity contribution in [1.29, 1.82) is 0 Å². The van der Waals surface area contributed by atoms with Crippen molar-refractivity contribution in [3.8, 4) is 0 Å². The van der Waals surface area contributed by atoms with Crippen LogP contribution in [0.25, 0.3) is 0 Å². The van der Waals surface area contributed by atoms with Crippen LogP contribution in [0.15, 0.2) is 48.5 Å². The Kier molecular flexibility index (Phi) is 21.7. The first-order valence-electron chi connectivity index (χ1n) is 22.1. The van der Waals surface area contributed by atoms with E-state index in [1.165, 1.54) is 138 Å². The maximum Gasteiger partial charge on any atom is 0.399 e. The molecule has 2 aromatic carbocycles. The van der Waals surface area contributed by atoms with E-state index >= 15 is 0 Å². The number of fused-ring (bicyclic) bond motifs is 2. The van der Waals surface area contributed by atoms with Gasteiger partial charge in [0, 0.05) is 38.3 Å². The minimum Gasteiger partial charge on any atom is -0.293 e. The summed E-state index contributed by atoms with van der Waals surface area (Å²) in [6.07, 6.45) is 29.7. The van der Waals surface area contributed by atoms with Crippen molar-refractivity contribution < 1.29 is 16.8 Å². The molecule has 0 radical (unpaired) electrons. The quantitative estimate of drug-likeness (QED) is 0.0741. The minimum absolute atomic E-state index is 0.0526. The van der Waals surface area contributed by atoms with E-state index in [0.717, 1.165) is 64.7 Å². The fourth-order valence-electron chi connectivity index (χ4n) is 8.49. The maximum atomic E-state index is 13.4. The van der Waals surface area contributed by atoms with Gasteiger partial charge in [0.2, 0.25) is 0 Å². The molecule has 2 unspecified atom stereocenters. The molecule has 0 N–H and O–H groups in total. The van der Waals surface area contributed by atoms with E-state index in [-0.39, 0.29) is 25.3 Å². The van der Waals surface area contributed by atoms with E-state index in [4.69, 9.17) is 8.37 Å². The molecule has 0 saturated carbocycles. The van der Waals surface area contributed by atoms with Crippen LogP contribution in [-0.2, 0) is 44.7 Å². The zero-order valence-electron chi connectivity index (χ0n) is 33.9. The highest BCUT2D eigenvalue weighted by Gasteiger charge is 2.28. The average molecular weight is 753 g/mol. The first-order chi connectivity index (χ1) is 26.0. The normalized spacial score (nSPS) is 16.3. The lowest BCUT2D eigenvalue weighted by Crippen LogP contribution is -2.43. The van der Waals surface area contributed by atoms with E-state index in [1.54, 1.807) is 0 Å². The topological polar surface area (TPSA) is 59.1 Å². The third-order valence-corrected chi connectivity index (χ3v) is 12.8. The molecule has 7 heteroatoms. The minimum atomic E-state index is -4.13. The van der Waals surface area contributed by atoms with Gasteiger partial charge in [-0.25, -0.2) is 8.37 Å². The smallest absolute Gasteiger partial charge is 0.293 e. The highest BCUT2D eigenvalue weighted by Crippen LogP contribution is 2.26. The van der Waals surface area contributed by atoms with Crippen LogP contribution >= 0.6 is 0 Å². The number of benzene rings is 2. The molecular formula is C46H76N2O4S. The summed E-state index contributed by atoms with van der Waals surface area (Å²) in [6.45, 7) is 8.41. The standard InChI is InChI=1S/C46H76N2O4S/c1-3-5-7-9-11-13-15-17-19-21-31-45(47-35-33-41-27-23-25-29-43(41)37-47)39-51-53(49,50)52-40-46(32-22-20-18-16-14-12-10-8-6-4-2)48-36-34-42-28-24-26-30-44(42)38-48/h23-30,45-46H,3-22,31-40H2,1-2H3. The second kappa shape index (κ2) is 26.2. The molecule has 300 valence electrons. The van der Waals surface area contributed by atoms with Gasteiger partial charge in [-0.05, 0) is 47.9 Å². The molecule has 0 bridgehead atoms. The van der Waals surface area contributed by atoms with Gasteiger partial charge in [-0.15, -0.1) is 0 Å². The lowest BCUT2D eigenvalue weighted by atomic mass is 9.97. The second-order valence-electron chi connectivity index (χ2n) is 16.2. The summed E-state index contributed by atoms with van der Waals surface area (Å²) in [6, 6.07) is 17.5. The Morgan fingerprint density at radius 3 is 1.17 bits per heavy atom. The Bertz CT molecular complexity index is 1260. The van der Waals surface area contributed by atoms with Gasteiger partial charge in [-0.1, -0.05) is 191 Å². The van der Waals surface area contributed by atoms with Crippen LogP contribution in [0.2, 0.25) is 0 Å². The first-order valence-corrected chi connectivity index (χ1v) is 23.5. The number of unbranched alkanes of at least 4 members (excludes halogenated alkanes) is 18. The lowest BCUT2D eigenvalue weighted by Gasteiger charge is -2.36. The van der Waals surface area contributed by atoms with E-state index in [0.29, 0.717) is 0 Å². The van der Waals surface area contributed by atoms with Crippen molar-refractivity contribution in [2.75, 3.05) is 26.3 Å². The molecule has 6 nitrogen and oxygen atoms in total. The summed E-state index contributed by atoms with van der Waals surface area (Å²) in [5, 5.41) is 0. The van der Waals surface area contributed by atoms with Gasteiger partial charge < -0.3 is 0 Å². The van der Waals surface area contributed by atoms with Crippen LogP contribution in [-0.4, -0.2) is 56.6 Å². The maximum absolute atomic E-state index is 13.4. The van der Waals surface area contributed by atoms with E-state index in [1.807, 2.05) is 0 Å². The summed E-state index contributed by atoms with van der Waals surface area (Å²) in [5.41, 5.74) is 5.52. The van der Waals surface area contributed by atoms with Gasteiger partial charge in [0.1, 0.15) is 0 Å². The highest BCUT2D eigenvalue weighted by molar-refractivity contribution is 7.81. The third kappa shape index (κ3) is 17.3. The largest absolute Gasteiger partial charge is 0.399 e. The van der Waals surface area contributed by atoms with Gasteiger partial charge in [0.05, 0.1) is 13.2 Å². The van der Waals surface area contributed by atoms with Crippen LogP contribution in [0.5, 0.6) is 0 Å². The number of rotatable bonds is 30. The molecule has 0 aromatic heterocycles. The van der Waals surface area contributed by atoms with E-state index in [9.17, 15) is 8.42 Å². The molecule has 0 saturated heterocycles. The van der Waals surface area contributed by atoms with Gasteiger partial charge in [-0.3, -0.25) is 9.80 Å². The SMILES string of the molecule is CCCCCCCCCCCCC(COS(=O)(=O)OCC(CCCCCCCCCCCC)N1CCc2ccccc2C1)N1CCc2ccccc2C1. The number of hydrogen-bond donors (Lipinski definition) is 0. The van der Waals surface area contributed by atoms with E-state index < -0.39 is 10.4 Å². The predicted molar refractivity (Wildman–Crippen MR) is 222 cm³/mol. The summed E-state index contributed by atoms with van der Waals surface area (Å²) in [5.74, 6) is 0. The molecule has 2 aliphatic heterocycles. The van der Waals surface area contributed by atoms with Crippen molar-refractivity contribution >= 4 is 10.4 Å². The Morgan fingerprint density at radius 1 is 0.491 bits per heavy atom. The molecule has 2 atom stereocenters. The summed E-state index contributed by atoms with van der Waals surface area (Å²) in [4.78, 5) is 4.90. The van der Waals surface area contributed by atoms with Crippen molar-refractivity contribution in [1.82, 2.24) is 9.80 Å². The van der Waals surface area contributed by atoms with Gasteiger partial charge in [0.25, 0.3) is 0 Å². The average Bonchev–Trinajstić information content (AvgIpc) is 3.18. The van der Waals surface area contributed by atoms with Gasteiger partial charge in [0.15, 0.2) is 0 Å². The van der Waals surface area contributed by atoms with Crippen molar-refractivity contribution in [2.24, 2.45) is 0 Å². The molecule has 0 amide bonds. The predicted octanol–water partition coefficient (Wildman–Crippen LogP) is 11.7. The lowest BCUT2D eigenvalue weighted by molar-refractivity contribution is 0.0839. The second-order valence-corrected chi connectivity index (χ2v) is 17.5. The Balaban J connectivity index is 1.27. The molecule has 2 aliphatic rings. The zero-order valence-corrected chi connectivity index (χ0v) is 34.7. The summed E-state index contributed by atoms with van der Waals surface area (Å²) < 4.78 is 38.3. The fraction of sp³-hybridized carbons (Fsp3) is 0.739. The molecule has 0 fully saturated rings. The molecule has 53 heavy (non-hydrogen) atoms. The molecule has 4 rings (SSSR count). The van der Waals surface area contributed by atoms with Crippen LogP contribution in [0.1, 0.15) is 177 Å². The molecule has 2 aromatic rings. The van der Waals surface area contributed by atoms with Crippen LogP contribution in [0, 0.1) is 0 Å². The zero-order chi connectivity index (χ0) is 37.4. The third-order valence-electron chi connectivity index (χ3n) is 11.9. The summed E-state index contributed by atoms with van der Waals surface area (Å²) in [7, 11) is -4.13. The molecule has 0 spiro atoms. The fourth-order valence-corrected chi connectivity index (χ4v) is 9.21. The van der Waals surface area contributed by atoms with Gasteiger partial charge >= 0.3 is 10.4 Å². The molecule has 0 aliphatic carbocycles. The number of hydrogen-bond acceptors (Lipinski definition) is 6. The summed E-state index contributed by atoms with van der Waals surface area (Å²) >= 11 is 0. The highest BCUT2D eigenvalue weighted by atomic mass is 32.3. The van der Waals surface area contributed by atoms with Crippen LogP contribution < -0.4 is 0 Å². The van der Waals surface area contributed by atoms with Crippen molar-refractivity contribution in [3.63, 3.8) is 0 Å². The van der Waals surface area contributed by atoms with Crippen molar-refractivity contribution in [2.45, 2.75) is 193 Å². The Labute approximate surface area is 326 Å². The van der Waals surface area contributed by atoms with E-state index in [2.05, 4.69) is 72.2 Å². The Morgan fingerprint density at radius 2 is 0.811 bits per heavy atom. The monoisotopic (exact) mass is 753 g/mol. The molecule has 2 heterocycles. The van der Waals surface area contributed by atoms with Crippen LogP contribution in [0.4, 0.5) is 0 Å². The van der Waals surface area contributed by atoms with Crippen LogP contribution in [0.3, 0.4) is 0 Å². The Hall–Kier alpha value is -1.77.